The van der Waals surface area contributed by atoms with Crippen LogP contribution in [-0.2, 0) is 22.6 Å². The summed E-state index contributed by atoms with van der Waals surface area (Å²) in [6.45, 7) is 5.28. The fourth-order valence-corrected chi connectivity index (χ4v) is 4.23. The zero-order chi connectivity index (χ0) is 18.4. The number of nitrogens with zero attached hydrogens (tertiary/aromatic N) is 3. The van der Waals surface area contributed by atoms with Crippen molar-refractivity contribution in [2.45, 2.75) is 58.5 Å². The number of carbonyl (C=O) groups is 2. The first-order valence-electron chi connectivity index (χ1n) is 9.63. The molecule has 7 nitrogen and oxygen atoms in total. The lowest BCUT2D eigenvalue weighted by Gasteiger charge is -2.36. The van der Waals surface area contributed by atoms with E-state index in [9.17, 15) is 14.4 Å². The van der Waals surface area contributed by atoms with Gasteiger partial charge in [-0.15, -0.1) is 0 Å². The van der Waals surface area contributed by atoms with Crippen LogP contribution >= 0.6 is 0 Å². The SMILES string of the molecule is CC(=O)N1CCc2nc([C@H]3CCCCN3C(=O)[C@H]3C[C@H]3C)[nH]c(=O)c2C1. The van der Waals surface area contributed by atoms with E-state index in [2.05, 4.69) is 11.9 Å². The summed E-state index contributed by atoms with van der Waals surface area (Å²) in [6, 6.07) is -0.132. The van der Waals surface area contributed by atoms with E-state index in [0.717, 1.165) is 37.9 Å². The Hall–Kier alpha value is -2.18. The molecule has 1 aliphatic carbocycles. The predicted molar refractivity (Wildman–Crippen MR) is 95.2 cm³/mol. The Morgan fingerprint density at radius 2 is 2.00 bits per heavy atom. The highest BCUT2D eigenvalue weighted by molar-refractivity contribution is 5.82. The molecule has 3 atom stereocenters. The van der Waals surface area contributed by atoms with Crippen molar-refractivity contribution in [1.29, 1.82) is 0 Å². The molecular formula is C19H26N4O3. The first kappa shape index (κ1) is 17.2. The van der Waals surface area contributed by atoms with E-state index in [0.29, 0.717) is 36.8 Å². The highest BCUT2D eigenvalue weighted by Gasteiger charge is 2.44. The Labute approximate surface area is 152 Å². The molecule has 2 aliphatic heterocycles. The number of hydrogen-bond acceptors (Lipinski definition) is 4. The van der Waals surface area contributed by atoms with E-state index in [1.807, 2.05) is 4.90 Å². The Balaban J connectivity index is 1.62. The van der Waals surface area contributed by atoms with E-state index in [-0.39, 0.29) is 29.3 Å². The molecule has 2 amide bonds. The number of carbonyl (C=O) groups excluding carboxylic acids is 2. The van der Waals surface area contributed by atoms with Crippen molar-refractivity contribution >= 4 is 11.8 Å². The average molecular weight is 358 g/mol. The molecule has 0 bridgehead atoms. The Bertz CT molecular complexity index is 802. The minimum absolute atomic E-state index is 0.0262. The van der Waals surface area contributed by atoms with Crippen molar-refractivity contribution in [2.75, 3.05) is 13.1 Å². The summed E-state index contributed by atoms with van der Waals surface area (Å²) < 4.78 is 0. The molecule has 0 aromatic carbocycles. The van der Waals surface area contributed by atoms with Crippen molar-refractivity contribution < 1.29 is 9.59 Å². The van der Waals surface area contributed by atoms with Crippen LogP contribution in [0.2, 0.25) is 0 Å². The number of aromatic amines is 1. The van der Waals surface area contributed by atoms with Gasteiger partial charge in [-0.2, -0.15) is 0 Å². The number of nitrogens with one attached hydrogen (secondary N) is 1. The van der Waals surface area contributed by atoms with Gasteiger partial charge >= 0.3 is 0 Å². The molecule has 3 aliphatic rings. The van der Waals surface area contributed by atoms with Crippen molar-refractivity contribution in [3.05, 3.63) is 27.4 Å². The monoisotopic (exact) mass is 358 g/mol. The summed E-state index contributed by atoms with van der Waals surface area (Å²) in [7, 11) is 0. The summed E-state index contributed by atoms with van der Waals surface area (Å²) in [5, 5.41) is 0. The van der Waals surface area contributed by atoms with E-state index in [4.69, 9.17) is 4.98 Å². The number of likely N-dealkylation sites (tertiary alicyclic amines) is 1. The quantitative estimate of drug-likeness (QED) is 0.865. The van der Waals surface area contributed by atoms with Gasteiger partial charge in [0, 0.05) is 32.4 Å². The summed E-state index contributed by atoms with van der Waals surface area (Å²) in [5.74, 6) is 1.42. The van der Waals surface area contributed by atoms with Crippen LogP contribution in [0, 0.1) is 11.8 Å². The smallest absolute Gasteiger partial charge is 0.256 e. The first-order valence-corrected chi connectivity index (χ1v) is 9.63. The van der Waals surface area contributed by atoms with Gasteiger partial charge in [0.25, 0.3) is 5.56 Å². The number of amides is 2. The molecule has 3 heterocycles. The molecule has 140 valence electrons. The van der Waals surface area contributed by atoms with Crippen LogP contribution in [0.5, 0.6) is 0 Å². The minimum Gasteiger partial charge on any atom is -0.338 e. The number of hydrogen-bond donors (Lipinski definition) is 1. The second kappa shape index (κ2) is 6.52. The van der Waals surface area contributed by atoms with Crippen LogP contribution in [0.1, 0.15) is 62.7 Å². The zero-order valence-corrected chi connectivity index (χ0v) is 15.5. The van der Waals surface area contributed by atoms with Gasteiger partial charge in [0.2, 0.25) is 11.8 Å². The van der Waals surface area contributed by atoms with E-state index in [1.54, 1.807) is 4.90 Å². The van der Waals surface area contributed by atoms with Crippen LogP contribution in [0.4, 0.5) is 0 Å². The van der Waals surface area contributed by atoms with Crippen molar-refractivity contribution in [2.24, 2.45) is 11.8 Å². The second-order valence-corrected chi connectivity index (χ2v) is 7.93. The lowest BCUT2D eigenvalue weighted by Crippen LogP contribution is -2.42. The van der Waals surface area contributed by atoms with Gasteiger partial charge in [-0.3, -0.25) is 14.4 Å². The largest absolute Gasteiger partial charge is 0.338 e. The molecule has 2 fully saturated rings. The third kappa shape index (κ3) is 3.04. The average Bonchev–Trinajstić information content (AvgIpc) is 3.37. The summed E-state index contributed by atoms with van der Waals surface area (Å²) in [5.41, 5.74) is 1.19. The standard InChI is InChI=1S/C19H26N4O3/c1-11-9-13(11)19(26)23-7-4-3-5-16(23)17-20-15-6-8-22(12(2)24)10-14(15)18(25)21-17/h11,13,16H,3-10H2,1-2H3,(H,20,21,25)/t11-,13+,16-/m1/s1. The molecule has 1 aromatic rings. The van der Waals surface area contributed by atoms with Gasteiger partial charge < -0.3 is 14.8 Å². The molecule has 26 heavy (non-hydrogen) atoms. The number of aromatic nitrogens is 2. The van der Waals surface area contributed by atoms with Crippen LogP contribution in [0.25, 0.3) is 0 Å². The molecule has 0 unspecified atom stereocenters. The normalized spacial score (nSPS) is 27.8. The lowest BCUT2D eigenvalue weighted by molar-refractivity contribution is -0.137. The van der Waals surface area contributed by atoms with Gasteiger partial charge in [-0.25, -0.2) is 4.98 Å². The third-order valence-corrected chi connectivity index (χ3v) is 6.06. The molecule has 1 saturated heterocycles. The fourth-order valence-electron chi connectivity index (χ4n) is 4.23. The molecule has 7 heteroatoms. The van der Waals surface area contributed by atoms with Crippen LogP contribution in [0.15, 0.2) is 4.79 Å². The van der Waals surface area contributed by atoms with Gasteiger partial charge in [0.05, 0.1) is 23.8 Å². The first-order chi connectivity index (χ1) is 12.5. The maximum absolute atomic E-state index is 12.8. The van der Waals surface area contributed by atoms with Crippen molar-refractivity contribution in [3.8, 4) is 0 Å². The summed E-state index contributed by atoms with van der Waals surface area (Å²) >= 11 is 0. The zero-order valence-electron chi connectivity index (χ0n) is 15.5. The highest BCUT2D eigenvalue weighted by Crippen LogP contribution is 2.42. The summed E-state index contributed by atoms with van der Waals surface area (Å²) in [6.07, 6.45) is 4.44. The number of piperidine rings is 1. The number of fused-ring (bicyclic) bond motifs is 1. The second-order valence-electron chi connectivity index (χ2n) is 7.93. The van der Waals surface area contributed by atoms with E-state index < -0.39 is 0 Å². The predicted octanol–water partition coefficient (Wildman–Crippen LogP) is 1.38. The molecular weight excluding hydrogens is 332 g/mol. The molecule has 1 aromatic heterocycles. The molecule has 4 rings (SSSR count). The summed E-state index contributed by atoms with van der Waals surface area (Å²) in [4.78, 5) is 48.3. The Morgan fingerprint density at radius 3 is 2.69 bits per heavy atom. The number of H-pyrrole nitrogens is 1. The van der Waals surface area contributed by atoms with Crippen molar-refractivity contribution in [1.82, 2.24) is 19.8 Å². The fraction of sp³-hybridized carbons (Fsp3) is 0.684. The lowest BCUT2D eigenvalue weighted by atomic mass is 9.99. The topological polar surface area (TPSA) is 86.4 Å². The molecule has 0 spiro atoms. The van der Waals surface area contributed by atoms with E-state index >= 15 is 0 Å². The maximum atomic E-state index is 12.8. The van der Waals surface area contributed by atoms with Crippen LogP contribution in [0.3, 0.4) is 0 Å². The maximum Gasteiger partial charge on any atom is 0.256 e. The Kier molecular flexibility index (Phi) is 4.32. The minimum atomic E-state index is -0.172. The molecule has 0 radical (unpaired) electrons. The van der Waals surface area contributed by atoms with Crippen molar-refractivity contribution in [3.63, 3.8) is 0 Å². The highest BCUT2D eigenvalue weighted by atomic mass is 16.2. The van der Waals surface area contributed by atoms with Gasteiger partial charge in [-0.1, -0.05) is 6.92 Å². The van der Waals surface area contributed by atoms with Gasteiger partial charge in [0.15, 0.2) is 0 Å². The Morgan fingerprint density at radius 1 is 1.23 bits per heavy atom. The molecule has 1 N–H and O–H groups in total. The van der Waals surface area contributed by atoms with E-state index in [1.165, 1.54) is 6.92 Å². The van der Waals surface area contributed by atoms with Crippen LogP contribution < -0.4 is 5.56 Å². The molecule has 1 saturated carbocycles. The number of rotatable bonds is 2. The van der Waals surface area contributed by atoms with Gasteiger partial charge in [-0.05, 0) is 31.6 Å². The third-order valence-electron chi connectivity index (χ3n) is 6.06. The van der Waals surface area contributed by atoms with Gasteiger partial charge in [0.1, 0.15) is 5.82 Å². The van der Waals surface area contributed by atoms with Crippen LogP contribution in [-0.4, -0.2) is 44.7 Å².